The summed E-state index contributed by atoms with van der Waals surface area (Å²) >= 11 is 0. The molecular weight excluding hydrogens is 220 g/mol. The van der Waals surface area contributed by atoms with Gasteiger partial charge in [-0.3, -0.25) is 0 Å². The number of aromatic carboxylic acids is 1. The van der Waals surface area contributed by atoms with Gasteiger partial charge in [-0.1, -0.05) is 19.1 Å². The maximum atomic E-state index is 11.0. The van der Waals surface area contributed by atoms with E-state index < -0.39 is 5.97 Å². The smallest absolute Gasteiger partial charge is 0.358 e. The first-order valence-corrected chi connectivity index (χ1v) is 5.75. The van der Waals surface area contributed by atoms with Crippen molar-refractivity contribution in [2.75, 3.05) is 20.6 Å². The highest BCUT2D eigenvalue weighted by molar-refractivity contribution is 5.86. The molecule has 0 aliphatic rings. The molecule has 96 valence electrons. The van der Waals surface area contributed by atoms with Gasteiger partial charge in [-0.05, 0) is 33.0 Å². The number of carboxylic acids is 1. The molecule has 0 aliphatic carbocycles. The van der Waals surface area contributed by atoms with Crippen LogP contribution in [0.1, 0.15) is 42.4 Å². The number of aromatic nitrogens is 3. The van der Waals surface area contributed by atoms with Crippen LogP contribution in [0.25, 0.3) is 0 Å². The first-order valence-electron chi connectivity index (χ1n) is 5.75. The Hall–Kier alpha value is -1.43. The highest BCUT2D eigenvalue weighted by Crippen LogP contribution is 2.17. The summed E-state index contributed by atoms with van der Waals surface area (Å²) in [5.41, 5.74) is 0.779. The van der Waals surface area contributed by atoms with Gasteiger partial charge >= 0.3 is 5.97 Å². The molecule has 0 saturated heterocycles. The lowest BCUT2D eigenvalue weighted by atomic mass is 10.1. The van der Waals surface area contributed by atoms with Crippen molar-refractivity contribution in [3.8, 4) is 0 Å². The fourth-order valence-corrected chi connectivity index (χ4v) is 1.75. The SMILES string of the molecule is CC(C)c1c(C(=O)O)nnn1CCCN(C)C. The molecule has 17 heavy (non-hydrogen) atoms. The van der Waals surface area contributed by atoms with Crippen molar-refractivity contribution >= 4 is 5.97 Å². The third-order valence-corrected chi connectivity index (χ3v) is 2.50. The highest BCUT2D eigenvalue weighted by atomic mass is 16.4. The minimum Gasteiger partial charge on any atom is -0.476 e. The molecule has 0 saturated carbocycles. The number of hydrogen-bond donors (Lipinski definition) is 1. The van der Waals surface area contributed by atoms with E-state index in [1.165, 1.54) is 0 Å². The van der Waals surface area contributed by atoms with Crippen molar-refractivity contribution in [3.05, 3.63) is 11.4 Å². The third-order valence-electron chi connectivity index (χ3n) is 2.50. The summed E-state index contributed by atoms with van der Waals surface area (Å²) in [5, 5.41) is 16.7. The predicted molar refractivity (Wildman–Crippen MR) is 64.2 cm³/mol. The van der Waals surface area contributed by atoms with Crippen molar-refractivity contribution in [3.63, 3.8) is 0 Å². The second kappa shape index (κ2) is 5.77. The summed E-state index contributed by atoms with van der Waals surface area (Å²) in [4.78, 5) is 13.1. The standard InChI is InChI=1S/C11H20N4O2/c1-8(2)10-9(11(16)17)12-13-15(10)7-5-6-14(3)4/h8H,5-7H2,1-4H3,(H,16,17). The summed E-state index contributed by atoms with van der Waals surface area (Å²) in [6.07, 6.45) is 0.926. The summed E-state index contributed by atoms with van der Waals surface area (Å²) in [7, 11) is 4.01. The van der Waals surface area contributed by atoms with Crippen molar-refractivity contribution in [2.24, 2.45) is 0 Å². The van der Waals surface area contributed by atoms with Crippen LogP contribution in [0.5, 0.6) is 0 Å². The summed E-state index contributed by atoms with van der Waals surface area (Å²) in [5.74, 6) is -0.900. The van der Waals surface area contributed by atoms with E-state index in [4.69, 9.17) is 5.11 Å². The van der Waals surface area contributed by atoms with Crippen LogP contribution in [0.2, 0.25) is 0 Å². The van der Waals surface area contributed by atoms with E-state index in [0.717, 1.165) is 13.0 Å². The Kier molecular flexibility index (Phi) is 4.62. The van der Waals surface area contributed by atoms with Gasteiger partial charge in [0.05, 0.1) is 5.69 Å². The Labute approximate surface area is 101 Å². The van der Waals surface area contributed by atoms with E-state index in [0.29, 0.717) is 12.2 Å². The van der Waals surface area contributed by atoms with Crippen LogP contribution >= 0.6 is 0 Å². The summed E-state index contributed by atoms with van der Waals surface area (Å²) in [6, 6.07) is 0. The molecule has 0 fully saturated rings. The van der Waals surface area contributed by atoms with Gasteiger partial charge < -0.3 is 10.0 Å². The zero-order chi connectivity index (χ0) is 13.0. The van der Waals surface area contributed by atoms with Crippen molar-refractivity contribution in [1.82, 2.24) is 19.9 Å². The van der Waals surface area contributed by atoms with Crippen LogP contribution in [0.15, 0.2) is 0 Å². The van der Waals surface area contributed by atoms with E-state index in [1.54, 1.807) is 4.68 Å². The number of carboxylic acid groups (broad SMARTS) is 1. The zero-order valence-electron chi connectivity index (χ0n) is 10.8. The maximum Gasteiger partial charge on any atom is 0.358 e. The van der Waals surface area contributed by atoms with Gasteiger partial charge in [-0.2, -0.15) is 0 Å². The molecule has 1 N–H and O–H groups in total. The second-order valence-electron chi connectivity index (χ2n) is 4.66. The predicted octanol–water partition coefficient (Wildman–Crippen LogP) is 1.05. The van der Waals surface area contributed by atoms with Gasteiger partial charge in [0.2, 0.25) is 0 Å². The molecule has 0 aromatic carbocycles. The zero-order valence-corrected chi connectivity index (χ0v) is 10.8. The van der Waals surface area contributed by atoms with E-state index >= 15 is 0 Å². The molecule has 1 rings (SSSR count). The van der Waals surface area contributed by atoms with Crippen LogP contribution in [-0.2, 0) is 6.54 Å². The van der Waals surface area contributed by atoms with Gasteiger partial charge in [0.25, 0.3) is 0 Å². The molecule has 0 bridgehead atoms. The molecule has 6 nitrogen and oxygen atoms in total. The van der Waals surface area contributed by atoms with Crippen LogP contribution < -0.4 is 0 Å². The molecule has 0 unspecified atom stereocenters. The molecule has 1 heterocycles. The number of hydrogen-bond acceptors (Lipinski definition) is 4. The van der Waals surface area contributed by atoms with Crippen LogP contribution in [0, 0.1) is 0 Å². The van der Waals surface area contributed by atoms with Crippen molar-refractivity contribution in [1.29, 1.82) is 0 Å². The number of rotatable bonds is 6. The van der Waals surface area contributed by atoms with Crippen LogP contribution in [-0.4, -0.2) is 51.6 Å². The monoisotopic (exact) mass is 240 g/mol. The molecule has 1 aromatic rings. The highest BCUT2D eigenvalue weighted by Gasteiger charge is 2.20. The molecule has 1 aromatic heterocycles. The van der Waals surface area contributed by atoms with Crippen molar-refractivity contribution < 1.29 is 9.90 Å². The first-order chi connectivity index (χ1) is 7.93. The second-order valence-corrected chi connectivity index (χ2v) is 4.66. The maximum absolute atomic E-state index is 11.0. The average molecular weight is 240 g/mol. The molecule has 0 radical (unpaired) electrons. The van der Waals surface area contributed by atoms with E-state index in [1.807, 2.05) is 27.9 Å². The van der Waals surface area contributed by atoms with Gasteiger partial charge in [-0.15, -0.1) is 5.10 Å². The van der Waals surface area contributed by atoms with Crippen LogP contribution in [0.3, 0.4) is 0 Å². The minimum absolute atomic E-state index is 0.0739. The van der Waals surface area contributed by atoms with Crippen LogP contribution in [0.4, 0.5) is 0 Å². The first kappa shape index (κ1) is 13.6. The third kappa shape index (κ3) is 3.52. The van der Waals surface area contributed by atoms with E-state index in [-0.39, 0.29) is 11.6 Å². The minimum atomic E-state index is -1.01. The average Bonchev–Trinajstić information content (AvgIpc) is 2.61. The Balaban J connectivity index is 2.81. The van der Waals surface area contributed by atoms with Gasteiger partial charge in [0.1, 0.15) is 0 Å². The normalized spacial score (nSPS) is 11.4. The quantitative estimate of drug-likeness (QED) is 0.804. The van der Waals surface area contributed by atoms with E-state index in [9.17, 15) is 4.79 Å². The largest absolute Gasteiger partial charge is 0.476 e. The van der Waals surface area contributed by atoms with E-state index in [2.05, 4.69) is 15.2 Å². The molecule has 0 amide bonds. The lowest BCUT2D eigenvalue weighted by Gasteiger charge is -2.12. The Morgan fingerprint density at radius 1 is 1.47 bits per heavy atom. The fraction of sp³-hybridized carbons (Fsp3) is 0.727. The molecule has 0 spiro atoms. The molecule has 6 heteroatoms. The summed E-state index contributed by atoms with van der Waals surface area (Å²) < 4.78 is 1.71. The lowest BCUT2D eigenvalue weighted by molar-refractivity contribution is 0.0688. The van der Waals surface area contributed by atoms with Gasteiger partial charge in [-0.25, -0.2) is 9.48 Å². The molecular formula is C11H20N4O2. The lowest BCUT2D eigenvalue weighted by Crippen LogP contribution is -2.17. The number of nitrogens with zero attached hydrogens (tertiary/aromatic N) is 4. The molecule has 0 aliphatic heterocycles. The summed E-state index contributed by atoms with van der Waals surface area (Å²) in [6.45, 7) is 5.55. The van der Waals surface area contributed by atoms with Gasteiger partial charge in [0.15, 0.2) is 5.69 Å². The Bertz CT molecular complexity index is 385. The number of carbonyl (C=O) groups is 1. The Morgan fingerprint density at radius 2 is 2.12 bits per heavy atom. The molecule has 0 atom stereocenters. The van der Waals surface area contributed by atoms with Gasteiger partial charge in [0, 0.05) is 6.54 Å². The Morgan fingerprint density at radius 3 is 2.59 bits per heavy atom. The fourth-order valence-electron chi connectivity index (χ4n) is 1.75. The topological polar surface area (TPSA) is 71.2 Å². The van der Waals surface area contributed by atoms with Crippen molar-refractivity contribution in [2.45, 2.75) is 32.7 Å². The number of aryl methyl sites for hydroxylation is 1.